The number of ether oxygens (including phenoxy) is 1. The minimum Gasteiger partial charge on any atom is -0.444 e. The largest absolute Gasteiger partial charge is 0.444 e. The molecule has 0 heterocycles. The van der Waals surface area contributed by atoms with Crippen LogP contribution in [0.5, 0.6) is 0 Å². The van der Waals surface area contributed by atoms with Crippen molar-refractivity contribution in [3.63, 3.8) is 0 Å². The molecule has 3 N–H and O–H groups in total. The fraction of sp³-hybridized carbons (Fsp3) is 0.167. The van der Waals surface area contributed by atoms with Gasteiger partial charge in [0.2, 0.25) is 6.10 Å². The molecule has 0 fully saturated rings. The summed E-state index contributed by atoms with van der Waals surface area (Å²) in [6.07, 6.45) is -1.44. The maximum Gasteiger partial charge on any atom is 0.341 e. The number of carbonyl (C=O) groups excluding carboxylic acids is 3. The highest BCUT2D eigenvalue weighted by Gasteiger charge is 2.28. The fourth-order valence-corrected chi connectivity index (χ4v) is 2.34. The average molecular weight is 386 g/mol. The maximum atomic E-state index is 12.7. The van der Waals surface area contributed by atoms with E-state index in [0.717, 1.165) is 6.07 Å². The lowest BCUT2D eigenvalue weighted by atomic mass is 10.1. The Morgan fingerprint density at radius 2 is 1.75 bits per heavy atom. The third kappa shape index (κ3) is 4.81. The molecule has 0 aliphatic rings. The first kappa shape index (κ1) is 20.4. The average Bonchev–Trinajstić information content (AvgIpc) is 2.71. The number of nitro groups is 1. The Morgan fingerprint density at radius 1 is 1.07 bits per heavy atom. The standard InChI is InChI=1S/C18H18N4O6/c1-19-14-9-8-12(22(26)27)10-13(14)17(24)28-15(11-6-4-3-5-7-11)16(23)21-18(25)20-2/h3-10,15,19H,1-2H3,(H2,20,21,23,25)/t15-/m0/s1. The van der Waals surface area contributed by atoms with E-state index < -0.39 is 28.9 Å². The molecule has 0 unspecified atom stereocenters. The summed E-state index contributed by atoms with van der Waals surface area (Å²) in [7, 11) is 2.86. The van der Waals surface area contributed by atoms with Gasteiger partial charge in [-0.25, -0.2) is 9.59 Å². The van der Waals surface area contributed by atoms with Gasteiger partial charge < -0.3 is 15.4 Å². The van der Waals surface area contributed by atoms with Crippen molar-refractivity contribution in [2.24, 2.45) is 0 Å². The molecule has 0 bridgehead atoms. The number of esters is 1. The predicted octanol–water partition coefficient (Wildman–Crippen LogP) is 1.99. The zero-order chi connectivity index (χ0) is 20.7. The van der Waals surface area contributed by atoms with Crippen LogP contribution in [0.1, 0.15) is 22.0 Å². The van der Waals surface area contributed by atoms with Gasteiger partial charge in [0.1, 0.15) is 0 Å². The molecule has 0 saturated heterocycles. The summed E-state index contributed by atoms with van der Waals surface area (Å²) in [6, 6.07) is 10.9. The van der Waals surface area contributed by atoms with E-state index in [2.05, 4.69) is 16.0 Å². The predicted molar refractivity (Wildman–Crippen MR) is 99.8 cm³/mol. The van der Waals surface area contributed by atoms with E-state index >= 15 is 0 Å². The van der Waals surface area contributed by atoms with Gasteiger partial charge in [0.25, 0.3) is 11.6 Å². The van der Waals surface area contributed by atoms with E-state index in [1.54, 1.807) is 30.3 Å². The monoisotopic (exact) mass is 386 g/mol. The van der Waals surface area contributed by atoms with Gasteiger partial charge in [-0.15, -0.1) is 0 Å². The van der Waals surface area contributed by atoms with Crippen LogP contribution in [-0.2, 0) is 9.53 Å². The highest BCUT2D eigenvalue weighted by molar-refractivity contribution is 6.01. The van der Waals surface area contributed by atoms with Crippen LogP contribution in [0.15, 0.2) is 48.5 Å². The molecule has 0 aliphatic carbocycles. The van der Waals surface area contributed by atoms with E-state index in [4.69, 9.17) is 4.74 Å². The normalized spacial score (nSPS) is 11.1. The minimum atomic E-state index is -1.44. The number of hydrogen-bond donors (Lipinski definition) is 3. The van der Waals surface area contributed by atoms with E-state index in [0.29, 0.717) is 5.56 Å². The number of carbonyl (C=O) groups is 3. The Bertz CT molecular complexity index is 900. The number of amides is 3. The van der Waals surface area contributed by atoms with Crippen LogP contribution in [0.4, 0.5) is 16.2 Å². The minimum absolute atomic E-state index is 0.120. The van der Waals surface area contributed by atoms with Gasteiger partial charge in [0, 0.05) is 37.5 Å². The summed E-state index contributed by atoms with van der Waals surface area (Å²) in [5, 5.41) is 18.0. The van der Waals surface area contributed by atoms with Gasteiger partial charge in [0.15, 0.2) is 0 Å². The molecule has 10 heteroatoms. The Kier molecular flexibility index (Phi) is 6.63. The van der Waals surface area contributed by atoms with E-state index in [9.17, 15) is 24.5 Å². The number of benzene rings is 2. The summed E-state index contributed by atoms with van der Waals surface area (Å²) >= 11 is 0. The van der Waals surface area contributed by atoms with Crippen molar-refractivity contribution in [2.75, 3.05) is 19.4 Å². The number of urea groups is 1. The van der Waals surface area contributed by atoms with Crippen LogP contribution in [0, 0.1) is 10.1 Å². The highest BCUT2D eigenvalue weighted by atomic mass is 16.6. The molecule has 28 heavy (non-hydrogen) atoms. The van der Waals surface area contributed by atoms with Gasteiger partial charge in [-0.05, 0) is 6.07 Å². The third-order valence-corrected chi connectivity index (χ3v) is 3.73. The molecule has 10 nitrogen and oxygen atoms in total. The molecule has 2 aromatic rings. The zero-order valence-corrected chi connectivity index (χ0v) is 15.1. The molecule has 2 rings (SSSR count). The Balaban J connectivity index is 2.37. The first-order valence-electron chi connectivity index (χ1n) is 8.12. The smallest absolute Gasteiger partial charge is 0.341 e. The summed E-state index contributed by atoms with van der Waals surface area (Å²) in [4.78, 5) is 46.9. The van der Waals surface area contributed by atoms with Crippen LogP contribution >= 0.6 is 0 Å². The first-order chi connectivity index (χ1) is 13.4. The van der Waals surface area contributed by atoms with Gasteiger partial charge in [0.05, 0.1) is 10.5 Å². The van der Waals surface area contributed by atoms with Crippen LogP contribution in [0.25, 0.3) is 0 Å². The lowest BCUT2D eigenvalue weighted by Gasteiger charge is -2.18. The van der Waals surface area contributed by atoms with Crippen molar-refractivity contribution < 1.29 is 24.0 Å². The molecule has 1 atom stereocenters. The lowest BCUT2D eigenvalue weighted by molar-refractivity contribution is -0.384. The first-order valence-corrected chi connectivity index (χ1v) is 8.12. The van der Waals surface area contributed by atoms with E-state index in [1.807, 2.05) is 0 Å². The molecule has 2 aromatic carbocycles. The van der Waals surface area contributed by atoms with Crippen molar-refractivity contribution >= 4 is 29.3 Å². The van der Waals surface area contributed by atoms with Crippen molar-refractivity contribution in [1.29, 1.82) is 0 Å². The summed E-state index contributed by atoms with van der Waals surface area (Å²) in [6.45, 7) is 0. The van der Waals surface area contributed by atoms with Crippen molar-refractivity contribution in [1.82, 2.24) is 10.6 Å². The Morgan fingerprint density at radius 3 is 2.32 bits per heavy atom. The number of anilines is 1. The molecular weight excluding hydrogens is 368 g/mol. The molecule has 0 saturated carbocycles. The topological polar surface area (TPSA) is 140 Å². The van der Waals surface area contributed by atoms with Crippen LogP contribution in [-0.4, -0.2) is 36.9 Å². The molecular formula is C18H18N4O6. The maximum absolute atomic E-state index is 12.7. The highest BCUT2D eigenvalue weighted by Crippen LogP contribution is 2.26. The Labute approximate surface area is 160 Å². The van der Waals surface area contributed by atoms with Crippen molar-refractivity contribution in [3.05, 3.63) is 69.8 Å². The van der Waals surface area contributed by atoms with Crippen LogP contribution in [0.3, 0.4) is 0 Å². The lowest BCUT2D eigenvalue weighted by Crippen LogP contribution is -2.41. The van der Waals surface area contributed by atoms with Gasteiger partial charge in [-0.2, -0.15) is 0 Å². The number of imide groups is 1. The van der Waals surface area contributed by atoms with Gasteiger partial charge >= 0.3 is 12.0 Å². The van der Waals surface area contributed by atoms with Crippen molar-refractivity contribution in [3.8, 4) is 0 Å². The number of nitro benzene ring substituents is 1. The fourth-order valence-electron chi connectivity index (χ4n) is 2.34. The number of non-ortho nitro benzene ring substituents is 1. The quantitative estimate of drug-likeness (QED) is 0.392. The van der Waals surface area contributed by atoms with Gasteiger partial charge in [-0.3, -0.25) is 20.2 Å². The third-order valence-electron chi connectivity index (χ3n) is 3.73. The number of nitrogens with zero attached hydrogens (tertiary/aromatic N) is 1. The molecule has 0 spiro atoms. The number of hydrogen-bond acceptors (Lipinski definition) is 7. The Hall–Kier alpha value is -3.95. The molecule has 3 amide bonds. The number of rotatable bonds is 6. The molecule has 0 aromatic heterocycles. The van der Waals surface area contributed by atoms with Gasteiger partial charge in [-0.1, -0.05) is 30.3 Å². The molecule has 0 aliphatic heterocycles. The van der Waals surface area contributed by atoms with Crippen LogP contribution in [0.2, 0.25) is 0 Å². The molecule has 0 radical (unpaired) electrons. The second kappa shape index (κ2) is 9.12. The summed E-state index contributed by atoms with van der Waals surface area (Å²) in [5.41, 5.74) is 0.185. The zero-order valence-electron chi connectivity index (χ0n) is 15.1. The second-order valence-corrected chi connectivity index (χ2v) is 5.50. The second-order valence-electron chi connectivity index (χ2n) is 5.50. The van der Waals surface area contributed by atoms with E-state index in [1.165, 1.54) is 26.2 Å². The van der Waals surface area contributed by atoms with Crippen molar-refractivity contribution in [2.45, 2.75) is 6.10 Å². The van der Waals surface area contributed by atoms with Crippen LogP contribution < -0.4 is 16.0 Å². The van der Waals surface area contributed by atoms with E-state index in [-0.39, 0.29) is 16.9 Å². The SMILES string of the molecule is CNC(=O)NC(=O)[C@@H](OC(=O)c1cc([N+](=O)[O-])ccc1NC)c1ccccc1. The number of nitrogens with one attached hydrogen (secondary N) is 3. The molecule has 146 valence electrons. The summed E-state index contributed by atoms with van der Waals surface area (Å²) in [5.74, 6) is -1.83. The summed E-state index contributed by atoms with van der Waals surface area (Å²) < 4.78 is 5.31.